The molecular weight excluding hydrogens is 294 g/mol. The van der Waals surface area contributed by atoms with Crippen LogP contribution in [0.5, 0.6) is 0 Å². The van der Waals surface area contributed by atoms with E-state index in [2.05, 4.69) is 0 Å². The van der Waals surface area contributed by atoms with E-state index in [0.717, 1.165) is 6.08 Å². The van der Waals surface area contributed by atoms with Gasteiger partial charge in [-0.15, -0.1) is 0 Å². The third kappa shape index (κ3) is 7.95. The zero-order valence-corrected chi connectivity index (χ0v) is 13.9. The molecule has 0 spiro atoms. The molecule has 3 N–H and O–H groups in total. The van der Waals surface area contributed by atoms with Crippen LogP contribution >= 0.6 is 0 Å². The second-order valence-electron chi connectivity index (χ2n) is 4.21. The summed E-state index contributed by atoms with van der Waals surface area (Å²) in [4.78, 5) is 21.8. The lowest BCUT2D eigenvalue weighted by atomic mass is 10.1. The van der Waals surface area contributed by atoms with E-state index in [1.165, 1.54) is 0 Å². The second kappa shape index (κ2) is 10.5. The molecule has 0 aromatic heterocycles. The fourth-order valence-electron chi connectivity index (χ4n) is 1.91. The summed E-state index contributed by atoms with van der Waals surface area (Å²) in [6, 6.07) is 0.492. The van der Waals surface area contributed by atoms with Gasteiger partial charge in [-0.25, -0.2) is 4.79 Å². The first-order valence-electron chi connectivity index (χ1n) is 7.05. The molecule has 0 aliphatic carbocycles. The van der Waals surface area contributed by atoms with Crippen LogP contribution in [0.15, 0.2) is 11.6 Å². The molecule has 0 radical (unpaired) electrons. The SMILES string of the molecule is CCO[Si](CCCC(=CC(N)=O)C(=O)O)(OCC)OCC. The number of rotatable bonds is 12. The van der Waals surface area contributed by atoms with Gasteiger partial charge in [-0.05, 0) is 33.6 Å². The molecule has 122 valence electrons. The Labute approximate surface area is 126 Å². The summed E-state index contributed by atoms with van der Waals surface area (Å²) >= 11 is 0. The predicted octanol–water partition coefficient (Wildman–Crippen LogP) is 1.31. The molecule has 0 saturated heterocycles. The van der Waals surface area contributed by atoms with E-state index in [1.807, 2.05) is 20.8 Å². The number of carbonyl (C=O) groups is 2. The van der Waals surface area contributed by atoms with Crippen LogP contribution in [0.1, 0.15) is 33.6 Å². The van der Waals surface area contributed by atoms with Crippen molar-refractivity contribution in [1.29, 1.82) is 0 Å². The lowest BCUT2D eigenvalue weighted by Gasteiger charge is -2.28. The molecule has 0 unspecified atom stereocenters. The van der Waals surface area contributed by atoms with E-state index in [9.17, 15) is 9.59 Å². The summed E-state index contributed by atoms with van der Waals surface area (Å²) in [6.45, 7) is 6.97. The minimum Gasteiger partial charge on any atom is -0.478 e. The minimum atomic E-state index is -2.77. The first-order chi connectivity index (χ1) is 9.90. The standard InChI is InChI=1S/C13H25NO6Si/c1-4-18-21(19-5-2,20-6-3)9-7-8-11(13(16)17)10-12(14)15/h10H,4-9H2,1-3H3,(H2,14,15)(H,16,17). The molecule has 0 aromatic rings. The average Bonchev–Trinajstić information content (AvgIpc) is 2.38. The van der Waals surface area contributed by atoms with Gasteiger partial charge >= 0.3 is 14.8 Å². The molecule has 0 aliphatic rings. The molecule has 1 amide bonds. The van der Waals surface area contributed by atoms with Gasteiger partial charge < -0.3 is 24.1 Å². The monoisotopic (exact) mass is 319 g/mol. The zero-order valence-electron chi connectivity index (χ0n) is 12.9. The normalized spacial score (nSPS) is 12.4. The number of nitrogens with two attached hydrogens (primary N) is 1. The molecule has 0 fully saturated rings. The first-order valence-corrected chi connectivity index (χ1v) is 8.99. The molecular formula is C13H25NO6Si. The van der Waals surface area contributed by atoms with Crippen LogP contribution in [0.3, 0.4) is 0 Å². The Balaban J connectivity index is 4.73. The molecule has 8 heteroatoms. The number of carboxylic acids is 1. The van der Waals surface area contributed by atoms with Crippen molar-refractivity contribution >= 4 is 20.7 Å². The maximum Gasteiger partial charge on any atom is 0.500 e. The molecule has 0 bridgehead atoms. The predicted molar refractivity (Wildman–Crippen MR) is 79.6 cm³/mol. The van der Waals surface area contributed by atoms with Gasteiger partial charge in [0.05, 0.1) is 0 Å². The van der Waals surface area contributed by atoms with Crippen LogP contribution < -0.4 is 5.73 Å². The Kier molecular flexibility index (Phi) is 9.88. The molecule has 21 heavy (non-hydrogen) atoms. The quantitative estimate of drug-likeness (QED) is 0.415. The molecule has 0 aromatic carbocycles. The van der Waals surface area contributed by atoms with Gasteiger partial charge in [0, 0.05) is 37.5 Å². The molecule has 0 atom stereocenters. The van der Waals surface area contributed by atoms with Crippen LogP contribution in [0.2, 0.25) is 6.04 Å². The number of primary amides is 1. The van der Waals surface area contributed by atoms with Gasteiger partial charge in [0.15, 0.2) is 0 Å². The smallest absolute Gasteiger partial charge is 0.478 e. The van der Waals surface area contributed by atoms with Gasteiger partial charge in [-0.1, -0.05) is 0 Å². The Hall–Kier alpha value is -1.22. The lowest BCUT2D eigenvalue weighted by Crippen LogP contribution is -2.45. The van der Waals surface area contributed by atoms with E-state index in [1.54, 1.807) is 0 Å². The Morgan fingerprint density at radius 2 is 1.57 bits per heavy atom. The van der Waals surface area contributed by atoms with E-state index in [4.69, 9.17) is 24.1 Å². The topological polar surface area (TPSA) is 108 Å². The highest BCUT2D eigenvalue weighted by molar-refractivity contribution is 6.60. The third-order valence-electron chi connectivity index (χ3n) is 2.61. The van der Waals surface area contributed by atoms with Crippen molar-refractivity contribution in [2.24, 2.45) is 5.73 Å². The number of hydrogen-bond acceptors (Lipinski definition) is 5. The number of carbonyl (C=O) groups excluding carboxylic acids is 1. The van der Waals surface area contributed by atoms with Crippen molar-refractivity contribution in [2.45, 2.75) is 39.7 Å². The van der Waals surface area contributed by atoms with Gasteiger partial charge in [-0.3, -0.25) is 4.79 Å². The highest BCUT2D eigenvalue weighted by Gasteiger charge is 2.39. The number of aliphatic carboxylic acids is 1. The van der Waals surface area contributed by atoms with Crippen molar-refractivity contribution < 1.29 is 28.0 Å². The van der Waals surface area contributed by atoms with Crippen LogP contribution in [0.4, 0.5) is 0 Å². The Bertz CT molecular complexity index is 355. The van der Waals surface area contributed by atoms with Crippen LogP contribution in [0, 0.1) is 0 Å². The number of carboxylic acid groups (broad SMARTS) is 1. The summed E-state index contributed by atoms with van der Waals surface area (Å²) in [5, 5.41) is 9.00. The Morgan fingerprint density at radius 1 is 1.10 bits per heavy atom. The average molecular weight is 319 g/mol. The summed E-state index contributed by atoms with van der Waals surface area (Å²) in [5.41, 5.74) is 4.97. The number of hydrogen-bond donors (Lipinski definition) is 2. The van der Waals surface area contributed by atoms with Crippen molar-refractivity contribution in [3.05, 3.63) is 11.6 Å². The zero-order chi connectivity index (χ0) is 16.3. The fourth-order valence-corrected chi connectivity index (χ4v) is 4.52. The van der Waals surface area contributed by atoms with Crippen LogP contribution in [-0.2, 0) is 22.9 Å². The highest BCUT2D eigenvalue weighted by atomic mass is 28.4. The fraction of sp³-hybridized carbons (Fsp3) is 0.692. The van der Waals surface area contributed by atoms with Gasteiger partial charge in [0.25, 0.3) is 0 Å². The van der Waals surface area contributed by atoms with Gasteiger partial charge in [0.2, 0.25) is 5.91 Å². The Morgan fingerprint density at radius 3 is 1.90 bits per heavy atom. The first kappa shape index (κ1) is 19.8. The molecule has 0 rings (SSSR count). The van der Waals surface area contributed by atoms with E-state index in [-0.39, 0.29) is 12.0 Å². The highest BCUT2D eigenvalue weighted by Crippen LogP contribution is 2.21. The van der Waals surface area contributed by atoms with Crippen molar-refractivity contribution in [2.75, 3.05) is 19.8 Å². The molecule has 7 nitrogen and oxygen atoms in total. The summed E-state index contributed by atoms with van der Waals surface area (Å²) in [7, 11) is -2.77. The second-order valence-corrected chi connectivity index (χ2v) is 6.94. The van der Waals surface area contributed by atoms with Gasteiger partial charge in [0.1, 0.15) is 0 Å². The van der Waals surface area contributed by atoms with Gasteiger partial charge in [-0.2, -0.15) is 0 Å². The molecule has 0 heterocycles. The molecule has 0 aliphatic heterocycles. The summed E-state index contributed by atoms with van der Waals surface area (Å²) in [6.07, 6.45) is 1.63. The van der Waals surface area contributed by atoms with E-state index >= 15 is 0 Å². The number of amides is 1. The summed E-state index contributed by atoms with van der Waals surface area (Å²) in [5.74, 6) is -1.92. The van der Waals surface area contributed by atoms with Crippen molar-refractivity contribution in [3.63, 3.8) is 0 Å². The van der Waals surface area contributed by atoms with Crippen LogP contribution in [0.25, 0.3) is 0 Å². The molecule has 0 saturated carbocycles. The maximum atomic E-state index is 11.0. The largest absolute Gasteiger partial charge is 0.500 e. The van der Waals surface area contributed by atoms with Crippen LogP contribution in [-0.4, -0.2) is 45.6 Å². The maximum absolute atomic E-state index is 11.0. The third-order valence-corrected chi connectivity index (χ3v) is 5.76. The van der Waals surface area contributed by atoms with E-state index < -0.39 is 20.7 Å². The summed E-state index contributed by atoms with van der Waals surface area (Å²) < 4.78 is 17.0. The van der Waals surface area contributed by atoms with Crippen molar-refractivity contribution in [1.82, 2.24) is 0 Å². The lowest BCUT2D eigenvalue weighted by molar-refractivity contribution is -0.133. The van der Waals surface area contributed by atoms with E-state index in [0.29, 0.717) is 32.3 Å². The minimum absolute atomic E-state index is 0.0186. The van der Waals surface area contributed by atoms with Crippen molar-refractivity contribution in [3.8, 4) is 0 Å².